The van der Waals surface area contributed by atoms with Crippen LogP contribution >= 0.6 is 11.6 Å². The molecule has 19 heavy (non-hydrogen) atoms. The first-order valence-electron chi connectivity index (χ1n) is 6.24. The number of benzene rings is 1. The lowest BCUT2D eigenvalue weighted by molar-refractivity contribution is -0.122. The number of halogens is 1. The molecule has 0 unspecified atom stereocenters. The molecule has 1 fully saturated rings. The standard InChI is InChI=1S/C13H14ClN3O2/c14-9-1-2-11-10(7-9)16-13(19-11)17-5-3-8(4-6-17)12(15)18/h1-2,7-8H,3-6H2,(H2,15,18). The maximum absolute atomic E-state index is 11.1. The molecular weight excluding hydrogens is 266 g/mol. The minimum absolute atomic E-state index is 0.0323. The third-order valence-electron chi connectivity index (χ3n) is 3.51. The third-order valence-corrected chi connectivity index (χ3v) is 3.74. The van der Waals surface area contributed by atoms with Gasteiger partial charge in [-0.1, -0.05) is 11.6 Å². The topological polar surface area (TPSA) is 72.4 Å². The highest BCUT2D eigenvalue weighted by atomic mass is 35.5. The van der Waals surface area contributed by atoms with Crippen LogP contribution < -0.4 is 10.6 Å². The Hall–Kier alpha value is -1.75. The number of aromatic nitrogens is 1. The molecule has 1 aromatic carbocycles. The second-order valence-electron chi connectivity index (χ2n) is 4.77. The summed E-state index contributed by atoms with van der Waals surface area (Å²) in [6.07, 6.45) is 1.49. The average Bonchev–Trinajstić information content (AvgIpc) is 2.81. The molecule has 3 rings (SSSR count). The van der Waals surface area contributed by atoms with Gasteiger partial charge in [0.05, 0.1) is 0 Å². The number of nitrogens with zero attached hydrogens (tertiary/aromatic N) is 2. The predicted octanol–water partition coefficient (Wildman–Crippen LogP) is 2.18. The number of hydrogen-bond donors (Lipinski definition) is 1. The molecule has 6 heteroatoms. The van der Waals surface area contributed by atoms with E-state index in [4.69, 9.17) is 21.8 Å². The fourth-order valence-electron chi connectivity index (χ4n) is 2.38. The van der Waals surface area contributed by atoms with Crippen molar-refractivity contribution in [3.05, 3.63) is 23.2 Å². The Morgan fingerprint density at radius 1 is 1.42 bits per heavy atom. The Bertz CT molecular complexity index is 617. The molecule has 1 saturated heterocycles. The van der Waals surface area contributed by atoms with E-state index >= 15 is 0 Å². The van der Waals surface area contributed by atoms with Crippen LogP contribution in [0.4, 0.5) is 6.01 Å². The Balaban J connectivity index is 1.80. The number of piperidine rings is 1. The highest BCUT2D eigenvalue weighted by Gasteiger charge is 2.25. The van der Waals surface area contributed by atoms with Crippen molar-refractivity contribution in [3.63, 3.8) is 0 Å². The number of carbonyl (C=O) groups is 1. The van der Waals surface area contributed by atoms with Crippen LogP contribution in [0.1, 0.15) is 12.8 Å². The molecule has 0 spiro atoms. The molecule has 100 valence electrons. The number of amides is 1. The zero-order chi connectivity index (χ0) is 13.4. The quantitative estimate of drug-likeness (QED) is 0.914. The Morgan fingerprint density at radius 2 is 2.16 bits per heavy atom. The van der Waals surface area contributed by atoms with Gasteiger partial charge in [0, 0.05) is 24.0 Å². The summed E-state index contributed by atoms with van der Waals surface area (Å²) in [5, 5.41) is 0.639. The highest BCUT2D eigenvalue weighted by molar-refractivity contribution is 6.31. The monoisotopic (exact) mass is 279 g/mol. The summed E-state index contributed by atoms with van der Waals surface area (Å²) in [5.74, 6) is -0.251. The first-order valence-corrected chi connectivity index (χ1v) is 6.61. The van der Waals surface area contributed by atoms with Gasteiger partial charge in [-0.3, -0.25) is 4.79 Å². The zero-order valence-electron chi connectivity index (χ0n) is 10.3. The second kappa shape index (κ2) is 4.74. The van der Waals surface area contributed by atoms with Crippen molar-refractivity contribution in [2.45, 2.75) is 12.8 Å². The van der Waals surface area contributed by atoms with Crippen LogP contribution in [0.25, 0.3) is 11.1 Å². The first kappa shape index (κ1) is 12.3. The summed E-state index contributed by atoms with van der Waals surface area (Å²) >= 11 is 5.92. The highest BCUT2D eigenvalue weighted by Crippen LogP contribution is 2.27. The average molecular weight is 280 g/mol. The molecule has 2 heterocycles. The number of fused-ring (bicyclic) bond motifs is 1. The van der Waals surface area contributed by atoms with E-state index < -0.39 is 0 Å². The summed E-state index contributed by atoms with van der Waals surface area (Å²) in [6.45, 7) is 1.46. The summed E-state index contributed by atoms with van der Waals surface area (Å²) < 4.78 is 5.70. The summed E-state index contributed by atoms with van der Waals surface area (Å²) in [4.78, 5) is 17.6. The predicted molar refractivity (Wildman–Crippen MR) is 73.2 cm³/mol. The molecule has 0 atom stereocenters. The van der Waals surface area contributed by atoms with Crippen LogP contribution in [0.3, 0.4) is 0 Å². The van der Waals surface area contributed by atoms with Gasteiger partial charge >= 0.3 is 0 Å². The lowest BCUT2D eigenvalue weighted by Crippen LogP contribution is -2.38. The maximum atomic E-state index is 11.1. The molecule has 0 bridgehead atoms. The number of carbonyl (C=O) groups excluding carboxylic acids is 1. The summed E-state index contributed by atoms with van der Waals surface area (Å²) in [7, 11) is 0. The van der Waals surface area contributed by atoms with Gasteiger partial charge in [-0.05, 0) is 31.0 Å². The largest absolute Gasteiger partial charge is 0.423 e. The van der Waals surface area contributed by atoms with Gasteiger partial charge in [0.2, 0.25) is 5.91 Å². The van der Waals surface area contributed by atoms with Crippen molar-refractivity contribution < 1.29 is 9.21 Å². The molecule has 1 aliphatic heterocycles. The minimum atomic E-state index is -0.219. The van der Waals surface area contributed by atoms with E-state index in [-0.39, 0.29) is 11.8 Å². The molecule has 1 aliphatic rings. The van der Waals surface area contributed by atoms with Crippen LogP contribution in [-0.4, -0.2) is 24.0 Å². The number of rotatable bonds is 2. The number of oxazole rings is 1. The van der Waals surface area contributed by atoms with Gasteiger partial charge < -0.3 is 15.1 Å². The normalized spacial score (nSPS) is 17.0. The van der Waals surface area contributed by atoms with E-state index in [0.717, 1.165) is 37.0 Å². The van der Waals surface area contributed by atoms with Crippen molar-refractivity contribution in [2.24, 2.45) is 11.7 Å². The summed E-state index contributed by atoms with van der Waals surface area (Å²) in [5.41, 5.74) is 6.79. The van der Waals surface area contributed by atoms with E-state index in [1.54, 1.807) is 12.1 Å². The zero-order valence-corrected chi connectivity index (χ0v) is 11.1. The molecular formula is C13H14ClN3O2. The van der Waals surface area contributed by atoms with E-state index in [2.05, 4.69) is 4.98 Å². The van der Waals surface area contributed by atoms with Gasteiger partial charge in [-0.15, -0.1) is 0 Å². The van der Waals surface area contributed by atoms with E-state index in [1.165, 1.54) is 0 Å². The molecule has 0 aliphatic carbocycles. The van der Waals surface area contributed by atoms with Crippen LogP contribution in [0, 0.1) is 5.92 Å². The third kappa shape index (κ3) is 2.38. The first-order chi connectivity index (χ1) is 9.13. The van der Waals surface area contributed by atoms with Gasteiger partial charge in [-0.2, -0.15) is 4.98 Å². The number of primary amides is 1. The van der Waals surface area contributed by atoms with Crippen molar-refractivity contribution in [1.29, 1.82) is 0 Å². The van der Waals surface area contributed by atoms with Gasteiger partial charge in [0.25, 0.3) is 6.01 Å². The van der Waals surface area contributed by atoms with Crippen LogP contribution in [-0.2, 0) is 4.79 Å². The van der Waals surface area contributed by atoms with E-state index in [0.29, 0.717) is 11.0 Å². The van der Waals surface area contributed by atoms with Crippen molar-refractivity contribution in [2.75, 3.05) is 18.0 Å². The Labute approximate surface area is 115 Å². The van der Waals surface area contributed by atoms with E-state index in [9.17, 15) is 4.79 Å². The smallest absolute Gasteiger partial charge is 0.298 e. The lowest BCUT2D eigenvalue weighted by Gasteiger charge is -2.29. The van der Waals surface area contributed by atoms with Gasteiger partial charge in [0.1, 0.15) is 5.52 Å². The molecule has 1 amide bonds. The Kier molecular flexibility index (Phi) is 3.06. The molecule has 0 saturated carbocycles. The summed E-state index contributed by atoms with van der Waals surface area (Å²) in [6, 6.07) is 5.95. The fraction of sp³-hybridized carbons (Fsp3) is 0.385. The van der Waals surface area contributed by atoms with Crippen molar-refractivity contribution in [1.82, 2.24) is 4.98 Å². The molecule has 0 radical (unpaired) electrons. The molecule has 2 aromatic rings. The maximum Gasteiger partial charge on any atom is 0.298 e. The molecule has 1 aromatic heterocycles. The van der Waals surface area contributed by atoms with Crippen molar-refractivity contribution in [3.8, 4) is 0 Å². The molecule has 2 N–H and O–H groups in total. The minimum Gasteiger partial charge on any atom is -0.423 e. The van der Waals surface area contributed by atoms with Crippen molar-refractivity contribution >= 4 is 34.6 Å². The van der Waals surface area contributed by atoms with Crippen LogP contribution in [0.5, 0.6) is 0 Å². The van der Waals surface area contributed by atoms with Crippen LogP contribution in [0.15, 0.2) is 22.6 Å². The fourth-order valence-corrected chi connectivity index (χ4v) is 2.55. The van der Waals surface area contributed by atoms with E-state index in [1.807, 2.05) is 11.0 Å². The lowest BCUT2D eigenvalue weighted by atomic mass is 9.97. The number of hydrogen-bond acceptors (Lipinski definition) is 4. The SMILES string of the molecule is NC(=O)C1CCN(c2nc3cc(Cl)ccc3o2)CC1. The molecule has 5 nitrogen and oxygen atoms in total. The number of nitrogens with two attached hydrogens (primary N) is 1. The van der Waals surface area contributed by atoms with Gasteiger partial charge in [0.15, 0.2) is 5.58 Å². The van der Waals surface area contributed by atoms with Crippen LogP contribution in [0.2, 0.25) is 5.02 Å². The Morgan fingerprint density at radius 3 is 2.84 bits per heavy atom. The van der Waals surface area contributed by atoms with Gasteiger partial charge in [-0.25, -0.2) is 0 Å². The second-order valence-corrected chi connectivity index (χ2v) is 5.21. The number of anilines is 1.